The Balaban J connectivity index is 1.91. The number of aliphatic hydroxyl groups excluding tert-OH is 1. The van der Waals surface area contributed by atoms with Crippen LogP contribution in [0.4, 0.5) is 0 Å². The fourth-order valence-electron chi connectivity index (χ4n) is 6.86. The Kier molecular flexibility index (Phi) is 9.14. The Bertz CT molecular complexity index is 670. The summed E-state index contributed by atoms with van der Waals surface area (Å²) in [6.07, 6.45) is 16.9. The van der Waals surface area contributed by atoms with Crippen LogP contribution in [0.5, 0.6) is 0 Å². The summed E-state index contributed by atoms with van der Waals surface area (Å²) in [5, 5.41) is 11.4. The quantitative estimate of drug-likeness (QED) is 0.209. The number of ether oxygens (including phenoxy) is 3. The Morgan fingerprint density at radius 2 is 1.76 bits per heavy atom. The molecular formula is C27H48O5Si. The largest absolute Gasteiger partial charge is 0.401 e. The lowest BCUT2D eigenvalue weighted by molar-refractivity contribution is -0.392. The highest BCUT2D eigenvalue weighted by atomic mass is 28.4. The van der Waals surface area contributed by atoms with E-state index < -0.39 is 31.4 Å². The predicted molar refractivity (Wildman–Crippen MR) is 134 cm³/mol. The Morgan fingerprint density at radius 3 is 2.36 bits per heavy atom. The lowest BCUT2D eigenvalue weighted by Gasteiger charge is -2.66. The molecule has 3 fully saturated rings. The van der Waals surface area contributed by atoms with Crippen LogP contribution in [0, 0.1) is 24.2 Å². The molecule has 1 aliphatic heterocycles. The van der Waals surface area contributed by atoms with Crippen LogP contribution in [0.25, 0.3) is 0 Å². The molecule has 0 aromatic rings. The molecule has 1 unspecified atom stereocenters. The van der Waals surface area contributed by atoms with Crippen LogP contribution in [-0.2, 0) is 18.6 Å². The van der Waals surface area contributed by atoms with Crippen molar-refractivity contribution in [3.05, 3.63) is 0 Å². The van der Waals surface area contributed by atoms with E-state index in [-0.39, 0.29) is 11.8 Å². The molecule has 0 aromatic carbocycles. The van der Waals surface area contributed by atoms with Crippen LogP contribution < -0.4 is 0 Å². The first-order valence-electron chi connectivity index (χ1n) is 13.4. The first-order valence-corrected chi connectivity index (χ1v) is 16.6. The second kappa shape index (κ2) is 11.1. The van der Waals surface area contributed by atoms with Crippen molar-refractivity contribution in [3.63, 3.8) is 0 Å². The standard InChI is InChI=1S/C27H48O5Si/c1-7-10-12-13-14-16-25(9-3,32-33(5,6)20-11-8-2)24-22-21-27(30-18-19-31-27)26(22,29-4)17-15-23(24)28/h3,22-24,28H,7-8,10-21H2,1-2,4-6H3/t22-,23-,24-,25?,26-/m1/s1. The maximum atomic E-state index is 11.4. The summed E-state index contributed by atoms with van der Waals surface area (Å²) in [7, 11) is -0.268. The summed E-state index contributed by atoms with van der Waals surface area (Å²) < 4.78 is 25.6. The highest BCUT2D eigenvalue weighted by Gasteiger charge is 2.75. The van der Waals surface area contributed by atoms with Gasteiger partial charge >= 0.3 is 0 Å². The maximum Gasteiger partial charge on any atom is 0.198 e. The van der Waals surface area contributed by atoms with Crippen LogP contribution >= 0.6 is 0 Å². The molecular weight excluding hydrogens is 432 g/mol. The molecule has 1 saturated heterocycles. The Morgan fingerprint density at radius 1 is 1.09 bits per heavy atom. The zero-order chi connectivity index (χ0) is 24.2. The van der Waals surface area contributed by atoms with Gasteiger partial charge in [0.15, 0.2) is 14.1 Å². The van der Waals surface area contributed by atoms with E-state index in [4.69, 9.17) is 25.1 Å². The van der Waals surface area contributed by atoms with Gasteiger partial charge in [-0.15, -0.1) is 6.42 Å². The maximum absolute atomic E-state index is 11.4. The topological polar surface area (TPSA) is 57.2 Å². The zero-order valence-electron chi connectivity index (χ0n) is 21.8. The number of aliphatic hydroxyl groups is 1. The summed E-state index contributed by atoms with van der Waals surface area (Å²) in [4.78, 5) is 0. The number of fused-ring (bicyclic) bond motifs is 2. The summed E-state index contributed by atoms with van der Waals surface area (Å²) >= 11 is 0. The molecule has 1 heterocycles. The molecule has 3 aliphatic rings. The van der Waals surface area contributed by atoms with E-state index in [1.165, 1.54) is 19.3 Å². The van der Waals surface area contributed by atoms with Crippen molar-refractivity contribution < 1.29 is 23.7 Å². The minimum absolute atomic E-state index is 0.0621. The van der Waals surface area contributed by atoms with Crippen LogP contribution in [0.2, 0.25) is 19.1 Å². The average Bonchev–Trinajstić information content (AvgIpc) is 3.29. The van der Waals surface area contributed by atoms with E-state index in [0.29, 0.717) is 26.1 Å². The minimum Gasteiger partial charge on any atom is -0.401 e. The number of terminal acetylenes is 1. The third-order valence-corrected chi connectivity index (χ3v) is 11.0. The number of rotatable bonds is 13. The Labute approximate surface area is 203 Å². The molecule has 1 spiro atoms. The fraction of sp³-hybridized carbons (Fsp3) is 0.926. The van der Waals surface area contributed by atoms with E-state index in [1.54, 1.807) is 7.11 Å². The van der Waals surface area contributed by atoms with Crippen molar-refractivity contribution in [2.75, 3.05) is 20.3 Å². The van der Waals surface area contributed by atoms with Gasteiger partial charge in [-0.25, -0.2) is 0 Å². The molecule has 3 rings (SSSR count). The zero-order valence-corrected chi connectivity index (χ0v) is 22.8. The highest BCUT2D eigenvalue weighted by Crippen LogP contribution is 2.64. The highest BCUT2D eigenvalue weighted by molar-refractivity contribution is 6.71. The van der Waals surface area contributed by atoms with Gasteiger partial charge in [0.05, 0.1) is 19.3 Å². The first-order chi connectivity index (χ1) is 15.8. The van der Waals surface area contributed by atoms with Gasteiger partial charge in [0, 0.05) is 25.4 Å². The van der Waals surface area contributed by atoms with Crippen molar-refractivity contribution in [1.29, 1.82) is 0 Å². The monoisotopic (exact) mass is 480 g/mol. The second-order valence-electron chi connectivity index (χ2n) is 11.1. The van der Waals surface area contributed by atoms with E-state index in [0.717, 1.165) is 44.6 Å². The lowest BCUT2D eigenvalue weighted by Crippen LogP contribution is -2.77. The molecule has 2 aliphatic carbocycles. The number of methoxy groups -OCH3 is 1. The number of hydrogen-bond donors (Lipinski definition) is 1. The number of hydrogen-bond acceptors (Lipinski definition) is 5. The lowest BCUT2D eigenvalue weighted by atomic mass is 9.49. The van der Waals surface area contributed by atoms with Crippen LogP contribution in [0.1, 0.15) is 84.5 Å². The van der Waals surface area contributed by atoms with Crippen molar-refractivity contribution in [2.45, 2.75) is 127 Å². The van der Waals surface area contributed by atoms with Gasteiger partial charge in [-0.05, 0) is 44.8 Å². The summed E-state index contributed by atoms with van der Waals surface area (Å²) in [5.74, 6) is 2.36. The van der Waals surface area contributed by atoms with Crippen molar-refractivity contribution in [2.24, 2.45) is 11.8 Å². The van der Waals surface area contributed by atoms with Gasteiger partial charge in [-0.1, -0.05) is 58.3 Å². The van der Waals surface area contributed by atoms with E-state index in [1.807, 2.05) is 0 Å². The van der Waals surface area contributed by atoms with Gasteiger partial charge in [-0.3, -0.25) is 0 Å². The molecule has 0 amide bonds. The molecule has 190 valence electrons. The third kappa shape index (κ3) is 5.10. The first kappa shape index (κ1) is 27.2. The van der Waals surface area contributed by atoms with Gasteiger partial charge in [0.1, 0.15) is 11.2 Å². The summed E-state index contributed by atoms with van der Waals surface area (Å²) in [6.45, 7) is 10.2. The van der Waals surface area contributed by atoms with Gasteiger partial charge in [0.2, 0.25) is 0 Å². The van der Waals surface area contributed by atoms with Crippen molar-refractivity contribution in [3.8, 4) is 12.3 Å². The SMILES string of the molecule is C#CC(CCCCCCC)(O[Si](C)(C)CCCC)[C@H]1[C@H](O)CC[C@@]2(OC)[C@@H]1CC21OCCO1. The van der Waals surface area contributed by atoms with E-state index in [2.05, 4.69) is 32.9 Å². The molecule has 5 atom stereocenters. The normalized spacial score (nSPS) is 32.7. The molecule has 6 heteroatoms. The molecule has 0 radical (unpaired) electrons. The molecule has 2 saturated carbocycles. The molecule has 0 bridgehead atoms. The van der Waals surface area contributed by atoms with E-state index in [9.17, 15) is 5.11 Å². The summed E-state index contributed by atoms with van der Waals surface area (Å²) in [5.41, 5.74) is -1.33. The third-order valence-electron chi connectivity index (χ3n) is 8.54. The van der Waals surface area contributed by atoms with E-state index >= 15 is 0 Å². The van der Waals surface area contributed by atoms with Crippen molar-refractivity contribution in [1.82, 2.24) is 0 Å². The molecule has 33 heavy (non-hydrogen) atoms. The number of unbranched alkanes of at least 4 members (excludes halogenated alkanes) is 5. The minimum atomic E-state index is -2.03. The Hall–Kier alpha value is -0.423. The van der Waals surface area contributed by atoms with Gasteiger partial charge in [-0.2, -0.15) is 0 Å². The van der Waals surface area contributed by atoms with Crippen LogP contribution in [0.3, 0.4) is 0 Å². The smallest absolute Gasteiger partial charge is 0.198 e. The molecule has 0 aromatic heterocycles. The average molecular weight is 481 g/mol. The molecule has 1 N–H and O–H groups in total. The predicted octanol–water partition coefficient (Wildman–Crippen LogP) is 5.66. The summed E-state index contributed by atoms with van der Waals surface area (Å²) in [6, 6.07) is 1.09. The van der Waals surface area contributed by atoms with Crippen LogP contribution in [0.15, 0.2) is 0 Å². The van der Waals surface area contributed by atoms with Crippen molar-refractivity contribution >= 4 is 8.32 Å². The fourth-order valence-corrected chi connectivity index (χ4v) is 9.45. The second-order valence-corrected chi connectivity index (χ2v) is 15.4. The van der Waals surface area contributed by atoms with Crippen LogP contribution in [-0.4, -0.2) is 56.8 Å². The van der Waals surface area contributed by atoms with Gasteiger partial charge in [0.25, 0.3) is 0 Å². The molecule has 5 nitrogen and oxygen atoms in total. The van der Waals surface area contributed by atoms with Gasteiger partial charge < -0.3 is 23.7 Å².